The minimum atomic E-state index is -0.811. The number of carboxylic acids is 1. The molecule has 2 aromatic rings. The van der Waals surface area contributed by atoms with Crippen molar-refractivity contribution in [1.29, 1.82) is 0 Å². The summed E-state index contributed by atoms with van der Waals surface area (Å²) in [5.74, 6) is 0.0566. The minimum absolute atomic E-state index is 0.350. The highest BCUT2D eigenvalue weighted by atomic mass is 16.4. The second-order valence-electron chi connectivity index (χ2n) is 4.99. The Morgan fingerprint density at radius 1 is 1.33 bits per heavy atom. The van der Waals surface area contributed by atoms with Gasteiger partial charge in [-0.2, -0.15) is 0 Å². The first-order valence-electron chi connectivity index (χ1n) is 6.11. The lowest BCUT2D eigenvalue weighted by molar-refractivity contribution is -0.138. The molecule has 1 unspecified atom stereocenters. The molecule has 0 radical (unpaired) electrons. The summed E-state index contributed by atoms with van der Waals surface area (Å²) in [4.78, 5) is 15.6. The molecule has 2 rings (SSSR count). The Morgan fingerprint density at radius 2 is 2.00 bits per heavy atom. The van der Waals surface area contributed by atoms with Crippen LogP contribution in [0.5, 0.6) is 0 Å². The zero-order valence-corrected chi connectivity index (χ0v) is 11.1. The van der Waals surface area contributed by atoms with E-state index >= 15 is 0 Å². The van der Waals surface area contributed by atoms with E-state index in [1.54, 1.807) is 6.92 Å². The molecule has 0 amide bonds. The van der Waals surface area contributed by atoms with Crippen LogP contribution in [0.25, 0.3) is 11.0 Å². The van der Waals surface area contributed by atoms with E-state index in [1.165, 1.54) is 0 Å². The second-order valence-corrected chi connectivity index (χ2v) is 4.99. The largest absolute Gasteiger partial charge is 0.481 e. The second kappa shape index (κ2) is 4.44. The topological polar surface area (TPSA) is 55.1 Å². The third-order valence-electron chi connectivity index (χ3n) is 3.33. The van der Waals surface area contributed by atoms with Crippen LogP contribution in [-0.4, -0.2) is 20.6 Å². The van der Waals surface area contributed by atoms with Crippen molar-refractivity contribution >= 4 is 17.0 Å². The number of benzene rings is 1. The van der Waals surface area contributed by atoms with Gasteiger partial charge in [0.1, 0.15) is 5.82 Å². The van der Waals surface area contributed by atoms with Crippen LogP contribution in [0.4, 0.5) is 0 Å². The van der Waals surface area contributed by atoms with Gasteiger partial charge in [0.25, 0.3) is 0 Å². The Bertz CT molecular complexity index is 599. The fourth-order valence-electron chi connectivity index (χ4n) is 2.16. The molecule has 0 aliphatic carbocycles. The standard InChI is InChI=1S/C14H18N2O2/c1-8(2)13-15-11-7-10(9(3)14(17)18)5-6-12(11)16(13)4/h5-9H,1-4H3,(H,17,18). The van der Waals surface area contributed by atoms with Gasteiger partial charge in [-0.3, -0.25) is 4.79 Å². The summed E-state index contributed by atoms with van der Waals surface area (Å²) in [7, 11) is 1.99. The van der Waals surface area contributed by atoms with Crippen LogP contribution in [0.1, 0.15) is 44.0 Å². The number of fused-ring (bicyclic) bond motifs is 1. The Hall–Kier alpha value is -1.84. The molecule has 1 atom stereocenters. The van der Waals surface area contributed by atoms with Crippen molar-refractivity contribution < 1.29 is 9.90 Å². The maximum Gasteiger partial charge on any atom is 0.310 e. The van der Waals surface area contributed by atoms with Gasteiger partial charge < -0.3 is 9.67 Å². The van der Waals surface area contributed by atoms with Crippen molar-refractivity contribution in [2.75, 3.05) is 0 Å². The molecular weight excluding hydrogens is 228 g/mol. The molecule has 0 aliphatic heterocycles. The van der Waals surface area contributed by atoms with E-state index in [4.69, 9.17) is 5.11 Å². The van der Waals surface area contributed by atoms with E-state index in [2.05, 4.69) is 23.4 Å². The van der Waals surface area contributed by atoms with Gasteiger partial charge in [-0.25, -0.2) is 4.98 Å². The maximum atomic E-state index is 11.0. The molecule has 4 nitrogen and oxygen atoms in total. The number of nitrogens with zero attached hydrogens (tertiary/aromatic N) is 2. The molecule has 1 aromatic heterocycles. The molecule has 1 aromatic carbocycles. The number of aliphatic carboxylic acids is 1. The summed E-state index contributed by atoms with van der Waals surface area (Å²) >= 11 is 0. The molecule has 0 spiro atoms. The van der Waals surface area contributed by atoms with Crippen molar-refractivity contribution in [2.45, 2.75) is 32.6 Å². The maximum absolute atomic E-state index is 11.0. The van der Waals surface area contributed by atoms with Crippen molar-refractivity contribution in [3.05, 3.63) is 29.6 Å². The van der Waals surface area contributed by atoms with Crippen molar-refractivity contribution in [3.8, 4) is 0 Å². The molecule has 0 saturated heterocycles. The summed E-state index contributed by atoms with van der Waals surface area (Å²) in [6.07, 6.45) is 0. The van der Waals surface area contributed by atoms with Gasteiger partial charge in [-0.15, -0.1) is 0 Å². The number of hydrogen-bond acceptors (Lipinski definition) is 2. The van der Waals surface area contributed by atoms with Crippen molar-refractivity contribution in [2.24, 2.45) is 7.05 Å². The molecule has 96 valence electrons. The van der Waals surface area contributed by atoms with Crippen LogP contribution in [0, 0.1) is 0 Å². The Labute approximate surface area is 106 Å². The van der Waals surface area contributed by atoms with Gasteiger partial charge >= 0.3 is 5.97 Å². The molecule has 0 fully saturated rings. The number of rotatable bonds is 3. The molecule has 0 saturated carbocycles. The average Bonchev–Trinajstić information content (AvgIpc) is 2.65. The molecular formula is C14H18N2O2. The fraction of sp³-hybridized carbons (Fsp3) is 0.429. The van der Waals surface area contributed by atoms with Crippen LogP contribution in [0.3, 0.4) is 0 Å². The summed E-state index contributed by atoms with van der Waals surface area (Å²) < 4.78 is 2.06. The van der Waals surface area contributed by atoms with Crippen LogP contribution < -0.4 is 0 Å². The van der Waals surface area contributed by atoms with E-state index in [0.29, 0.717) is 5.92 Å². The lowest BCUT2D eigenvalue weighted by atomic mass is 10.0. The van der Waals surface area contributed by atoms with Crippen LogP contribution >= 0.6 is 0 Å². The van der Waals surface area contributed by atoms with Crippen LogP contribution in [0.15, 0.2) is 18.2 Å². The highest BCUT2D eigenvalue weighted by molar-refractivity contribution is 5.81. The summed E-state index contributed by atoms with van der Waals surface area (Å²) in [5.41, 5.74) is 2.70. The highest BCUT2D eigenvalue weighted by Gasteiger charge is 2.16. The summed E-state index contributed by atoms with van der Waals surface area (Å²) in [6.45, 7) is 5.89. The Morgan fingerprint density at radius 3 is 2.56 bits per heavy atom. The van der Waals surface area contributed by atoms with Gasteiger partial charge in [0.2, 0.25) is 0 Å². The molecule has 1 N–H and O–H groups in total. The lowest BCUT2D eigenvalue weighted by Gasteiger charge is -2.06. The van der Waals surface area contributed by atoms with Gasteiger partial charge in [-0.05, 0) is 24.6 Å². The van der Waals surface area contributed by atoms with E-state index < -0.39 is 11.9 Å². The first-order chi connectivity index (χ1) is 8.41. The third kappa shape index (κ3) is 1.98. The molecule has 1 heterocycles. The zero-order valence-electron chi connectivity index (χ0n) is 11.1. The number of aromatic nitrogens is 2. The normalized spacial score (nSPS) is 13.2. The van der Waals surface area contributed by atoms with Gasteiger partial charge in [0.15, 0.2) is 0 Å². The predicted octanol–water partition coefficient (Wildman–Crippen LogP) is 2.88. The van der Waals surface area contributed by atoms with Crippen LogP contribution in [0.2, 0.25) is 0 Å². The number of carboxylic acid groups (broad SMARTS) is 1. The van der Waals surface area contributed by atoms with Gasteiger partial charge in [0.05, 0.1) is 17.0 Å². The van der Waals surface area contributed by atoms with Gasteiger partial charge in [-0.1, -0.05) is 19.9 Å². The first kappa shape index (κ1) is 12.6. The quantitative estimate of drug-likeness (QED) is 0.906. The monoisotopic (exact) mass is 246 g/mol. The number of hydrogen-bond donors (Lipinski definition) is 1. The third-order valence-corrected chi connectivity index (χ3v) is 3.33. The molecule has 0 aliphatic rings. The molecule has 18 heavy (non-hydrogen) atoms. The first-order valence-corrected chi connectivity index (χ1v) is 6.11. The fourth-order valence-corrected chi connectivity index (χ4v) is 2.16. The van der Waals surface area contributed by atoms with E-state index in [0.717, 1.165) is 22.4 Å². The highest BCUT2D eigenvalue weighted by Crippen LogP contribution is 2.24. The predicted molar refractivity (Wildman–Crippen MR) is 70.9 cm³/mol. The number of imidazole rings is 1. The average molecular weight is 246 g/mol. The Balaban J connectivity index is 2.56. The summed E-state index contributed by atoms with van der Waals surface area (Å²) in [5, 5.41) is 9.03. The van der Waals surface area contributed by atoms with Gasteiger partial charge in [0, 0.05) is 13.0 Å². The van der Waals surface area contributed by atoms with E-state index in [-0.39, 0.29) is 0 Å². The lowest BCUT2D eigenvalue weighted by Crippen LogP contribution is -2.07. The smallest absolute Gasteiger partial charge is 0.310 e. The Kier molecular flexibility index (Phi) is 3.11. The van der Waals surface area contributed by atoms with Crippen molar-refractivity contribution in [3.63, 3.8) is 0 Å². The minimum Gasteiger partial charge on any atom is -0.481 e. The summed E-state index contributed by atoms with van der Waals surface area (Å²) in [6, 6.07) is 5.69. The number of carbonyl (C=O) groups is 1. The van der Waals surface area contributed by atoms with Crippen molar-refractivity contribution in [1.82, 2.24) is 9.55 Å². The zero-order chi connectivity index (χ0) is 13.4. The molecule has 4 heteroatoms. The van der Waals surface area contributed by atoms with Crippen LogP contribution in [-0.2, 0) is 11.8 Å². The van der Waals surface area contributed by atoms with E-state index in [9.17, 15) is 4.79 Å². The molecule has 0 bridgehead atoms. The SMILES string of the molecule is CC(C)c1nc2cc(C(C)C(=O)O)ccc2n1C. The number of aryl methyl sites for hydroxylation is 1. The van der Waals surface area contributed by atoms with E-state index in [1.807, 2.05) is 25.2 Å².